The summed E-state index contributed by atoms with van der Waals surface area (Å²) in [5, 5.41) is 9.64. The molecule has 7 heteroatoms. The molecule has 0 amide bonds. The maximum absolute atomic E-state index is 10.7. The van der Waals surface area contributed by atoms with Gasteiger partial charge in [0.2, 0.25) is 0 Å². The lowest BCUT2D eigenvalue weighted by Gasteiger charge is -2.06. The molecule has 0 spiro atoms. The molecule has 2 aromatic rings. The van der Waals surface area contributed by atoms with Crippen molar-refractivity contribution in [1.82, 2.24) is 9.97 Å². The third-order valence-electron chi connectivity index (χ3n) is 2.17. The summed E-state index contributed by atoms with van der Waals surface area (Å²) in [5.41, 5.74) is 0.357. The van der Waals surface area contributed by atoms with Gasteiger partial charge in [0.1, 0.15) is 0 Å². The van der Waals surface area contributed by atoms with Gasteiger partial charge in [-0.25, -0.2) is 14.8 Å². The largest absolute Gasteiger partial charge is 0.478 e. The number of hydrogen-bond acceptors (Lipinski definition) is 3. The van der Waals surface area contributed by atoms with Crippen molar-refractivity contribution in [2.24, 2.45) is 0 Å². The summed E-state index contributed by atoms with van der Waals surface area (Å²) in [7, 11) is 0. The third kappa shape index (κ3) is 2.41. The molecule has 1 aromatic heterocycles. The van der Waals surface area contributed by atoms with Gasteiger partial charge in [-0.2, -0.15) is 0 Å². The Labute approximate surface area is 117 Å². The van der Waals surface area contributed by atoms with Gasteiger partial charge in [0.15, 0.2) is 5.82 Å². The Morgan fingerprint density at radius 2 is 1.61 bits per heavy atom. The van der Waals surface area contributed by atoms with Crippen LogP contribution in [0.3, 0.4) is 0 Å². The van der Waals surface area contributed by atoms with Crippen molar-refractivity contribution in [2.75, 3.05) is 0 Å². The van der Waals surface area contributed by atoms with E-state index in [0.717, 1.165) is 0 Å². The maximum atomic E-state index is 10.7. The van der Waals surface area contributed by atoms with E-state index < -0.39 is 5.97 Å². The number of rotatable bonds is 2. The second-order valence-electron chi connectivity index (χ2n) is 3.32. The Morgan fingerprint density at radius 3 is 2.17 bits per heavy atom. The van der Waals surface area contributed by atoms with E-state index in [9.17, 15) is 4.79 Å². The second kappa shape index (κ2) is 5.10. The molecule has 0 aliphatic rings. The highest BCUT2D eigenvalue weighted by Gasteiger charge is 2.15. The summed E-state index contributed by atoms with van der Waals surface area (Å²) in [5.74, 6) is -0.887. The lowest BCUT2D eigenvalue weighted by Crippen LogP contribution is -2.00. The molecule has 0 fully saturated rings. The number of aromatic carboxylic acids is 1. The molecule has 92 valence electrons. The summed E-state index contributed by atoms with van der Waals surface area (Å²) in [6, 6.07) is 3.13. The van der Waals surface area contributed by atoms with Crippen molar-refractivity contribution in [3.8, 4) is 11.4 Å². The quantitative estimate of drug-likeness (QED) is 0.857. The van der Waals surface area contributed by atoms with Gasteiger partial charge in [-0.05, 0) is 12.1 Å². The molecule has 0 bridgehead atoms. The van der Waals surface area contributed by atoms with Crippen LogP contribution in [-0.2, 0) is 0 Å². The zero-order chi connectivity index (χ0) is 13.3. The minimum atomic E-state index is -1.11. The van der Waals surface area contributed by atoms with E-state index in [2.05, 4.69) is 9.97 Å². The van der Waals surface area contributed by atoms with Gasteiger partial charge in [0.25, 0.3) is 0 Å². The van der Waals surface area contributed by atoms with Crippen molar-refractivity contribution in [2.45, 2.75) is 0 Å². The van der Waals surface area contributed by atoms with Gasteiger partial charge in [-0.1, -0.05) is 34.8 Å². The van der Waals surface area contributed by atoms with E-state index in [1.54, 1.807) is 12.1 Å². The molecule has 1 N–H and O–H groups in total. The topological polar surface area (TPSA) is 63.1 Å². The third-order valence-corrected chi connectivity index (χ3v) is 3.29. The minimum Gasteiger partial charge on any atom is -0.478 e. The van der Waals surface area contributed by atoms with E-state index in [0.29, 0.717) is 15.6 Å². The summed E-state index contributed by atoms with van der Waals surface area (Å²) in [6.07, 6.45) is 2.36. The van der Waals surface area contributed by atoms with Crippen LogP contribution in [0.1, 0.15) is 10.4 Å². The minimum absolute atomic E-state index is 0.0203. The molecule has 0 aliphatic heterocycles. The number of aromatic nitrogens is 2. The molecule has 1 aromatic carbocycles. The summed E-state index contributed by atoms with van der Waals surface area (Å²) in [4.78, 5) is 18.5. The van der Waals surface area contributed by atoms with Gasteiger partial charge in [0, 0.05) is 12.4 Å². The molecule has 2 rings (SSSR count). The maximum Gasteiger partial charge on any atom is 0.338 e. The first-order chi connectivity index (χ1) is 8.50. The lowest BCUT2D eigenvalue weighted by molar-refractivity contribution is 0.0696. The number of carboxylic acids is 1. The Morgan fingerprint density at radius 1 is 1.06 bits per heavy atom. The summed E-state index contributed by atoms with van der Waals surface area (Å²) in [6.45, 7) is 0. The molecule has 4 nitrogen and oxygen atoms in total. The number of hydrogen-bond donors (Lipinski definition) is 1. The molecule has 0 radical (unpaired) electrons. The normalized spacial score (nSPS) is 10.4. The van der Waals surface area contributed by atoms with Crippen LogP contribution >= 0.6 is 34.8 Å². The van der Waals surface area contributed by atoms with E-state index in [1.807, 2.05) is 0 Å². The standard InChI is InChI=1S/C11H5Cl3N2O2/c12-6-1-2-7(13)9(14)8(6)10-15-3-5(4-16-10)11(17)18/h1-4H,(H,17,18). The number of nitrogens with zero attached hydrogens (tertiary/aromatic N) is 2. The van der Waals surface area contributed by atoms with Crippen LogP contribution < -0.4 is 0 Å². The number of halogens is 3. The first-order valence-electron chi connectivity index (χ1n) is 4.70. The molecule has 0 aliphatic carbocycles. The van der Waals surface area contributed by atoms with Gasteiger partial charge < -0.3 is 5.11 Å². The predicted molar refractivity (Wildman–Crippen MR) is 69.5 cm³/mol. The first-order valence-corrected chi connectivity index (χ1v) is 5.83. The summed E-state index contributed by atoms with van der Waals surface area (Å²) >= 11 is 17.9. The van der Waals surface area contributed by atoms with Crippen molar-refractivity contribution < 1.29 is 9.90 Å². The van der Waals surface area contributed by atoms with E-state index in [4.69, 9.17) is 39.9 Å². The number of benzene rings is 1. The van der Waals surface area contributed by atoms with E-state index in [-0.39, 0.29) is 16.4 Å². The number of carboxylic acid groups (broad SMARTS) is 1. The fourth-order valence-corrected chi connectivity index (χ4v) is 2.00. The molecule has 0 saturated heterocycles. The molecule has 0 atom stereocenters. The van der Waals surface area contributed by atoms with Crippen molar-refractivity contribution in [1.29, 1.82) is 0 Å². The molecule has 0 saturated carbocycles. The zero-order valence-electron chi connectivity index (χ0n) is 8.69. The molecule has 1 heterocycles. The Bertz CT molecular complexity index is 614. The van der Waals surface area contributed by atoms with Crippen LogP contribution in [0, 0.1) is 0 Å². The average molecular weight is 304 g/mol. The second-order valence-corrected chi connectivity index (χ2v) is 4.51. The highest BCUT2D eigenvalue weighted by atomic mass is 35.5. The van der Waals surface area contributed by atoms with Crippen molar-refractivity contribution in [3.05, 3.63) is 45.2 Å². The Hall–Kier alpha value is -1.36. The van der Waals surface area contributed by atoms with Gasteiger partial charge >= 0.3 is 5.97 Å². The fourth-order valence-electron chi connectivity index (χ4n) is 1.30. The Balaban J connectivity index is 2.55. The van der Waals surface area contributed by atoms with E-state index >= 15 is 0 Å². The number of carbonyl (C=O) groups is 1. The van der Waals surface area contributed by atoms with Crippen LogP contribution in [0.25, 0.3) is 11.4 Å². The average Bonchev–Trinajstić information content (AvgIpc) is 2.35. The van der Waals surface area contributed by atoms with Crippen LogP contribution in [0.15, 0.2) is 24.5 Å². The highest BCUT2D eigenvalue weighted by molar-refractivity contribution is 6.45. The smallest absolute Gasteiger partial charge is 0.338 e. The van der Waals surface area contributed by atoms with Gasteiger partial charge in [-0.3, -0.25) is 0 Å². The van der Waals surface area contributed by atoms with Crippen LogP contribution in [0.5, 0.6) is 0 Å². The van der Waals surface area contributed by atoms with Crippen molar-refractivity contribution >= 4 is 40.8 Å². The van der Waals surface area contributed by atoms with Crippen LogP contribution in [0.4, 0.5) is 0 Å². The molecule has 18 heavy (non-hydrogen) atoms. The zero-order valence-corrected chi connectivity index (χ0v) is 11.0. The van der Waals surface area contributed by atoms with Crippen LogP contribution in [-0.4, -0.2) is 21.0 Å². The monoisotopic (exact) mass is 302 g/mol. The first kappa shape index (κ1) is 13.1. The van der Waals surface area contributed by atoms with Crippen LogP contribution in [0.2, 0.25) is 15.1 Å². The van der Waals surface area contributed by atoms with Gasteiger partial charge in [-0.15, -0.1) is 0 Å². The van der Waals surface area contributed by atoms with E-state index in [1.165, 1.54) is 12.4 Å². The lowest BCUT2D eigenvalue weighted by atomic mass is 10.2. The predicted octanol–water partition coefficient (Wildman–Crippen LogP) is 3.80. The SMILES string of the molecule is O=C(O)c1cnc(-c2c(Cl)ccc(Cl)c2Cl)nc1. The van der Waals surface area contributed by atoms with Gasteiger partial charge in [0.05, 0.1) is 26.2 Å². The highest BCUT2D eigenvalue weighted by Crippen LogP contribution is 2.37. The molecule has 0 unspecified atom stereocenters. The molecular weight excluding hydrogens is 298 g/mol. The Kier molecular flexibility index (Phi) is 3.71. The molecular formula is C11H5Cl3N2O2. The summed E-state index contributed by atoms with van der Waals surface area (Å²) < 4.78 is 0. The van der Waals surface area contributed by atoms with Crippen molar-refractivity contribution in [3.63, 3.8) is 0 Å². The fraction of sp³-hybridized carbons (Fsp3) is 0.